The predicted molar refractivity (Wildman–Crippen MR) is 55.3 cm³/mol. The quantitative estimate of drug-likeness (QED) is 0.522. The van der Waals surface area contributed by atoms with Crippen LogP contribution in [0.25, 0.3) is 0 Å². The van der Waals surface area contributed by atoms with Gasteiger partial charge in [-0.3, -0.25) is 0 Å². The van der Waals surface area contributed by atoms with Crippen molar-refractivity contribution in [2.24, 2.45) is 5.73 Å². The third-order valence-electron chi connectivity index (χ3n) is 2.37. The van der Waals surface area contributed by atoms with E-state index in [9.17, 15) is 0 Å². The van der Waals surface area contributed by atoms with Crippen molar-refractivity contribution in [1.29, 1.82) is 0 Å². The molecular formula is C11H19NO. The fourth-order valence-corrected chi connectivity index (χ4v) is 1.57. The average Bonchev–Trinajstić information content (AvgIpc) is 2.19. The molecule has 1 rings (SSSR count). The Kier molecular flexibility index (Phi) is 4.61. The minimum Gasteiger partial charge on any atom is -0.501 e. The minimum absolute atomic E-state index is 0.806. The summed E-state index contributed by atoms with van der Waals surface area (Å²) in [6, 6.07) is 0. The van der Waals surface area contributed by atoms with Gasteiger partial charge in [0.05, 0.1) is 12.9 Å². The van der Waals surface area contributed by atoms with Crippen molar-refractivity contribution < 1.29 is 4.74 Å². The molecule has 1 aliphatic rings. The van der Waals surface area contributed by atoms with Crippen LogP contribution in [0.3, 0.4) is 0 Å². The molecule has 74 valence electrons. The maximum atomic E-state index is 5.44. The Bertz CT molecular complexity index is 206. The molecule has 1 aliphatic carbocycles. The van der Waals surface area contributed by atoms with Gasteiger partial charge in [0.1, 0.15) is 0 Å². The van der Waals surface area contributed by atoms with Crippen LogP contribution in [0.15, 0.2) is 23.5 Å². The fourth-order valence-electron chi connectivity index (χ4n) is 1.57. The Hall–Kier alpha value is -0.760. The van der Waals surface area contributed by atoms with E-state index in [1.165, 1.54) is 18.4 Å². The Labute approximate surface area is 80.5 Å². The van der Waals surface area contributed by atoms with E-state index in [2.05, 4.69) is 12.2 Å². The number of nitrogens with two attached hydrogens (primary N) is 1. The summed E-state index contributed by atoms with van der Waals surface area (Å²) >= 11 is 0. The van der Waals surface area contributed by atoms with Crippen LogP contribution in [0.1, 0.15) is 32.1 Å². The summed E-state index contributed by atoms with van der Waals surface area (Å²) in [5.41, 5.74) is 6.95. The van der Waals surface area contributed by atoms with E-state index in [0.717, 1.165) is 31.6 Å². The van der Waals surface area contributed by atoms with Gasteiger partial charge in [-0.05, 0) is 38.3 Å². The van der Waals surface area contributed by atoms with Gasteiger partial charge in [-0.2, -0.15) is 0 Å². The summed E-state index contributed by atoms with van der Waals surface area (Å²) in [7, 11) is 1.74. The number of unbranched alkanes of at least 4 members (excludes halogenated alkanes) is 1. The number of rotatable bonds is 5. The highest BCUT2D eigenvalue weighted by Gasteiger charge is 2.06. The van der Waals surface area contributed by atoms with Crippen molar-refractivity contribution in [3.8, 4) is 0 Å². The molecule has 0 aliphatic heterocycles. The Balaban J connectivity index is 2.24. The summed E-state index contributed by atoms with van der Waals surface area (Å²) in [4.78, 5) is 0. The molecule has 2 nitrogen and oxygen atoms in total. The second kappa shape index (κ2) is 5.81. The normalized spacial score (nSPS) is 16.5. The number of allylic oxidation sites excluding steroid dienone is 3. The number of ether oxygens (including phenoxy) is 1. The molecule has 0 aromatic rings. The SMILES string of the molecule is COC1=CCC=C(CCCCN)C1. The highest BCUT2D eigenvalue weighted by Crippen LogP contribution is 2.22. The predicted octanol–water partition coefficient (Wildman–Crippen LogP) is 2.37. The summed E-state index contributed by atoms with van der Waals surface area (Å²) in [6.07, 6.45) is 9.99. The molecular weight excluding hydrogens is 162 g/mol. The first-order valence-electron chi connectivity index (χ1n) is 4.98. The van der Waals surface area contributed by atoms with E-state index >= 15 is 0 Å². The molecule has 0 fully saturated rings. The first-order chi connectivity index (χ1) is 6.36. The highest BCUT2D eigenvalue weighted by molar-refractivity contribution is 5.18. The van der Waals surface area contributed by atoms with Crippen LogP contribution < -0.4 is 5.73 Å². The Morgan fingerprint density at radius 2 is 2.23 bits per heavy atom. The largest absolute Gasteiger partial charge is 0.501 e. The second-order valence-electron chi connectivity index (χ2n) is 3.40. The zero-order chi connectivity index (χ0) is 9.52. The van der Waals surface area contributed by atoms with Crippen LogP contribution in [-0.2, 0) is 4.74 Å². The molecule has 2 N–H and O–H groups in total. The van der Waals surface area contributed by atoms with E-state index in [0.29, 0.717) is 0 Å². The van der Waals surface area contributed by atoms with Crippen molar-refractivity contribution in [1.82, 2.24) is 0 Å². The van der Waals surface area contributed by atoms with E-state index in [-0.39, 0.29) is 0 Å². The van der Waals surface area contributed by atoms with Crippen molar-refractivity contribution in [2.45, 2.75) is 32.1 Å². The molecule has 0 amide bonds. The van der Waals surface area contributed by atoms with Gasteiger partial charge in [0.25, 0.3) is 0 Å². The smallest absolute Gasteiger partial charge is 0.0959 e. The lowest BCUT2D eigenvalue weighted by atomic mass is 9.99. The molecule has 0 heterocycles. The van der Waals surface area contributed by atoms with Crippen LogP contribution in [-0.4, -0.2) is 13.7 Å². The van der Waals surface area contributed by atoms with Crippen molar-refractivity contribution in [3.05, 3.63) is 23.5 Å². The van der Waals surface area contributed by atoms with Gasteiger partial charge >= 0.3 is 0 Å². The zero-order valence-corrected chi connectivity index (χ0v) is 8.38. The molecule has 0 bridgehead atoms. The molecule has 0 unspecified atom stereocenters. The maximum Gasteiger partial charge on any atom is 0.0959 e. The number of hydrogen-bond donors (Lipinski definition) is 1. The summed E-state index contributed by atoms with van der Waals surface area (Å²) in [5, 5.41) is 0. The number of hydrogen-bond acceptors (Lipinski definition) is 2. The van der Waals surface area contributed by atoms with Crippen molar-refractivity contribution >= 4 is 0 Å². The fraction of sp³-hybridized carbons (Fsp3) is 0.636. The molecule has 0 saturated heterocycles. The van der Waals surface area contributed by atoms with Gasteiger partial charge in [0, 0.05) is 6.42 Å². The van der Waals surface area contributed by atoms with Crippen LogP contribution in [0, 0.1) is 0 Å². The van der Waals surface area contributed by atoms with Gasteiger partial charge < -0.3 is 10.5 Å². The topological polar surface area (TPSA) is 35.2 Å². The van der Waals surface area contributed by atoms with E-state index in [4.69, 9.17) is 10.5 Å². The lowest BCUT2D eigenvalue weighted by Gasteiger charge is -2.13. The van der Waals surface area contributed by atoms with Crippen LogP contribution in [0.4, 0.5) is 0 Å². The van der Waals surface area contributed by atoms with E-state index in [1.807, 2.05) is 0 Å². The van der Waals surface area contributed by atoms with Gasteiger partial charge in [-0.15, -0.1) is 0 Å². The van der Waals surface area contributed by atoms with Gasteiger partial charge in [0.15, 0.2) is 0 Å². The van der Waals surface area contributed by atoms with E-state index in [1.54, 1.807) is 7.11 Å². The number of methoxy groups -OCH3 is 1. The zero-order valence-electron chi connectivity index (χ0n) is 8.38. The molecule has 13 heavy (non-hydrogen) atoms. The maximum absolute atomic E-state index is 5.44. The summed E-state index contributed by atoms with van der Waals surface area (Å²) < 4.78 is 5.22. The van der Waals surface area contributed by atoms with Crippen molar-refractivity contribution in [2.75, 3.05) is 13.7 Å². The van der Waals surface area contributed by atoms with Gasteiger partial charge in [-0.1, -0.05) is 11.6 Å². The van der Waals surface area contributed by atoms with Crippen LogP contribution in [0.5, 0.6) is 0 Å². The Morgan fingerprint density at radius 1 is 1.38 bits per heavy atom. The molecule has 0 spiro atoms. The van der Waals surface area contributed by atoms with Gasteiger partial charge in [0.2, 0.25) is 0 Å². The molecule has 0 aromatic carbocycles. The molecule has 0 radical (unpaired) electrons. The lowest BCUT2D eigenvalue weighted by Crippen LogP contribution is -2.00. The Morgan fingerprint density at radius 3 is 2.92 bits per heavy atom. The summed E-state index contributed by atoms with van der Waals surface area (Å²) in [6.45, 7) is 0.806. The third kappa shape index (κ3) is 3.64. The van der Waals surface area contributed by atoms with Crippen LogP contribution in [0.2, 0.25) is 0 Å². The molecule has 0 aromatic heterocycles. The molecule has 2 heteroatoms. The van der Waals surface area contributed by atoms with Crippen molar-refractivity contribution in [3.63, 3.8) is 0 Å². The monoisotopic (exact) mass is 181 g/mol. The third-order valence-corrected chi connectivity index (χ3v) is 2.37. The van der Waals surface area contributed by atoms with Gasteiger partial charge in [-0.25, -0.2) is 0 Å². The molecule has 0 saturated carbocycles. The lowest BCUT2D eigenvalue weighted by molar-refractivity contribution is 0.279. The van der Waals surface area contributed by atoms with E-state index < -0.39 is 0 Å². The highest BCUT2D eigenvalue weighted by atomic mass is 16.5. The van der Waals surface area contributed by atoms with Crippen LogP contribution >= 0.6 is 0 Å². The minimum atomic E-state index is 0.806. The average molecular weight is 181 g/mol. The second-order valence-corrected chi connectivity index (χ2v) is 3.40. The first-order valence-corrected chi connectivity index (χ1v) is 4.98. The first kappa shape index (κ1) is 10.3. The molecule has 0 atom stereocenters. The summed E-state index contributed by atoms with van der Waals surface area (Å²) in [5.74, 6) is 1.12. The standard InChI is InChI=1S/C11H19NO/c1-13-11-7-4-6-10(9-11)5-2-3-8-12/h6-7H,2-5,8-9,12H2,1H3.